The normalized spacial score (nSPS) is 16.9. The van der Waals surface area contributed by atoms with Gasteiger partial charge in [0.05, 0.1) is 13.2 Å². The van der Waals surface area contributed by atoms with E-state index in [0.29, 0.717) is 0 Å². The quantitative estimate of drug-likeness (QED) is 0.800. The predicted molar refractivity (Wildman–Crippen MR) is 79.5 cm³/mol. The maximum absolute atomic E-state index is 5.78. The van der Waals surface area contributed by atoms with Crippen molar-refractivity contribution in [1.29, 1.82) is 0 Å². The van der Waals surface area contributed by atoms with Crippen molar-refractivity contribution in [3.63, 3.8) is 0 Å². The molecule has 0 N–H and O–H groups in total. The molecule has 0 saturated carbocycles. The summed E-state index contributed by atoms with van der Waals surface area (Å²) in [5.74, 6) is 3.23. The van der Waals surface area contributed by atoms with Crippen LogP contribution in [0.5, 0.6) is 0 Å². The standard InChI is InChI=1S/C14H18OS2/c1-2-12-3-5-13(6-4-12)7-15-8-14-9-16-11-17-10-14/h2-6,14H,1,7-11H2. The van der Waals surface area contributed by atoms with E-state index in [1.165, 1.54) is 22.2 Å². The van der Waals surface area contributed by atoms with Crippen molar-refractivity contribution in [3.8, 4) is 0 Å². The van der Waals surface area contributed by atoms with Gasteiger partial charge >= 0.3 is 0 Å². The molecule has 0 aromatic heterocycles. The molecule has 1 saturated heterocycles. The molecule has 17 heavy (non-hydrogen) atoms. The van der Waals surface area contributed by atoms with Gasteiger partial charge in [0.2, 0.25) is 0 Å². The van der Waals surface area contributed by atoms with Crippen LogP contribution in [-0.4, -0.2) is 23.2 Å². The highest BCUT2D eigenvalue weighted by Gasteiger charge is 2.13. The van der Waals surface area contributed by atoms with Crippen LogP contribution in [0.4, 0.5) is 0 Å². The van der Waals surface area contributed by atoms with Gasteiger partial charge in [-0.2, -0.15) is 23.5 Å². The van der Waals surface area contributed by atoms with Crippen LogP contribution in [0.1, 0.15) is 11.1 Å². The molecule has 1 heterocycles. The van der Waals surface area contributed by atoms with E-state index in [0.717, 1.165) is 24.7 Å². The van der Waals surface area contributed by atoms with Crippen molar-refractivity contribution in [2.45, 2.75) is 6.61 Å². The monoisotopic (exact) mass is 266 g/mol. The van der Waals surface area contributed by atoms with Crippen LogP contribution >= 0.6 is 23.5 Å². The molecule has 0 aliphatic carbocycles. The maximum Gasteiger partial charge on any atom is 0.0717 e. The van der Waals surface area contributed by atoms with Gasteiger partial charge in [-0.1, -0.05) is 36.9 Å². The third-order valence-corrected chi connectivity index (χ3v) is 5.46. The zero-order valence-corrected chi connectivity index (χ0v) is 11.6. The van der Waals surface area contributed by atoms with Crippen molar-refractivity contribution < 1.29 is 4.74 Å². The Morgan fingerprint density at radius 1 is 1.24 bits per heavy atom. The van der Waals surface area contributed by atoms with Crippen molar-refractivity contribution in [2.75, 3.05) is 23.2 Å². The highest BCUT2D eigenvalue weighted by atomic mass is 32.2. The molecule has 1 nitrogen and oxygen atoms in total. The van der Waals surface area contributed by atoms with Gasteiger partial charge < -0.3 is 4.74 Å². The molecule has 0 bridgehead atoms. The highest BCUT2D eigenvalue weighted by Crippen LogP contribution is 2.25. The molecule has 1 aromatic carbocycles. The molecule has 1 aliphatic heterocycles. The van der Waals surface area contributed by atoms with E-state index in [-0.39, 0.29) is 0 Å². The fourth-order valence-electron chi connectivity index (χ4n) is 1.73. The van der Waals surface area contributed by atoms with Crippen molar-refractivity contribution >= 4 is 29.6 Å². The number of benzene rings is 1. The van der Waals surface area contributed by atoms with Crippen LogP contribution in [-0.2, 0) is 11.3 Å². The minimum Gasteiger partial charge on any atom is -0.376 e. The van der Waals surface area contributed by atoms with Gasteiger partial charge in [0, 0.05) is 11.0 Å². The Bertz CT molecular complexity index is 342. The SMILES string of the molecule is C=Cc1ccc(COCC2CSCSC2)cc1. The van der Waals surface area contributed by atoms with Gasteiger partial charge in [0.15, 0.2) is 0 Å². The van der Waals surface area contributed by atoms with E-state index in [2.05, 4.69) is 30.8 Å². The third-order valence-electron chi connectivity index (χ3n) is 2.71. The van der Waals surface area contributed by atoms with Crippen LogP contribution < -0.4 is 0 Å². The van der Waals surface area contributed by atoms with Crippen molar-refractivity contribution in [1.82, 2.24) is 0 Å². The Kier molecular flexibility index (Phi) is 5.49. The maximum atomic E-state index is 5.78. The molecule has 2 rings (SSSR count). The van der Waals surface area contributed by atoms with E-state index >= 15 is 0 Å². The Labute approximate surface area is 112 Å². The lowest BCUT2D eigenvalue weighted by molar-refractivity contribution is 0.0993. The largest absolute Gasteiger partial charge is 0.376 e. The van der Waals surface area contributed by atoms with Crippen LogP contribution in [0, 0.1) is 5.92 Å². The Hall–Kier alpha value is -0.380. The molecule has 92 valence electrons. The predicted octanol–water partition coefficient (Wildman–Crippen LogP) is 3.90. The van der Waals surface area contributed by atoms with E-state index in [9.17, 15) is 0 Å². The summed E-state index contributed by atoms with van der Waals surface area (Å²) < 4.78 is 5.78. The Morgan fingerprint density at radius 2 is 1.94 bits per heavy atom. The summed E-state index contributed by atoms with van der Waals surface area (Å²) in [4.78, 5) is 0. The summed E-state index contributed by atoms with van der Waals surface area (Å²) in [6, 6.07) is 8.39. The first-order chi connectivity index (χ1) is 8.38. The average Bonchev–Trinajstić information content (AvgIpc) is 2.41. The Balaban J connectivity index is 1.71. The molecule has 0 unspecified atom stereocenters. The molecule has 0 amide bonds. The minimum absolute atomic E-state index is 0.725. The summed E-state index contributed by atoms with van der Waals surface area (Å²) in [6.07, 6.45) is 1.86. The first-order valence-electron chi connectivity index (χ1n) is 5.83. The van der Waals surface area contributed by atoms with E-state index < -0.39 is 0 Å². The highest BCUT2D eigenvalue weighted by molar-refractivity contribution is 8.16. The zero-order chi connectivity index (χ0) is 11.9. The molecule has 1 fully saturated rings. The molecule has 1 aliphatic rings. The van der Waals surface area contributed by atoms with Gasteiger partial charge in [0.1, 0.15) is 0 Å². The number of hydrogen-bond acceptors (Lipinski definition) is 3. The van der Waals surface area contributed by atoms with Crippen LogP contribution in [0.15, 0.2) is 30.8 Å². The fourth-order valence-corrected chi connectivity index (χ4v) is 4.21. The summed E-state index contributed by atoms with van der Waals surface area (Å²) in [5.41, 5.74) is 2.40. The second-order valence-electron chi connectivity index (χ2n) is 4.19. The molecule has 3 heteroatoms. The second kappa shape index (κ2) is 7.14. The first-order valence-corrected chi connectivity index (χ1v) is 8.14. The van der Waals surface area contributed by atoms with E-state index in [1.807, 2.05) is 29.6 Å². The molecule has 0 spiro atoms. The number of rotatable bonds is 5. The fraction of sp³-hybridized carbons (Fsp3) is 0.429. The third kappa shape index (κ3) is 4.41. The Morgan fingerprint density at radius 3 is 2.59 bits per heavy atom. The molecular weight excluding hydrogens is 248 g/mol. The summed E-state index contributed by atoms with van der Waals surface area (Å²) >= 11 is 4.05. The van der Waals surface area contributed by atoms with Crippen LogP contribution in [0.3, 0.4) is 0 Å². The van der Waals surface area contributed by atoms with Gasteiger partial charge in [-0.15, -0.1) is 0 Å². The van der Waals surface area contributed by atoms with Crippen molar-refractivity contribution in [3.05, 3.63) is 42.0 Å². The number of hydrogen-bond donors (Lipinski definition) is 0. The molecule has 0 atom stereocenters. The van der Waals surface area contributed by atoms with E-state index in [4.69, 9.17) is 4.74 Å². The molecule has 1 aromatic rings. The van der Waals surface area contributed by atoms with Crippen LogP contribution in [0.2, 0.25) is 0 Å². The number of thioether (sulfide) groups is 2. The number of ether oxygens (including phenoxy) is 1. The first kappa shape index (κ1) is 13.1. The lowest BCUT2D eigenvalue weighted by Gasteiger charge is -2.20. The van der Waals surface area contributed by atoms with Gasteiger partial charge in [-0.05, 0) is 22.6 Å². The second-order valence-corrected chi connectivity index (χ2v) is 6.61. The topological polar surface area (TPSA) is 9.23 Å². The zero-order valence-electron chi connectivity index (χ0n) is 9.93. The van der Waals surface area contributed by atoms with Gasteiger partial charge in [0.25, 0.3) is 0 Å². The van der Waals surface area contributed by atoms with Gasteiger partial charge in [-0.3, -0.25) is 0 Å². The lowest BCUT2D eigenvalue weighted by atomic mass is 10.1. The summed E-state index contributed by atoms with van der Waals surface area (Å²) in [6.45, 7) is 5.37. The smallest absolute Gasteiger partial charge is 0.0717 e. The summed E-state index contributed by atoms with van der Waals surface area (Å²) in [5, 5.41) is 1.25. The summed E-state index contributed by atoms with van der Waals surface area (Å²) in [7, 11) is 0. The minimum atomic E-state index is 0.725. The van der Waals surface area contributed by atoms with E-state index in [1.54, 1.807) is 0 Å². The van der Waals surface area contributed by atoms with Crippen molar-refractivity contribution in [2.24, 2.45) is 5.92 Å². The molecule has 0 radical (unpaired) electrons. The van der Waals surface area contributed by atoms with Crippen LogP contribution in [0.25, 0.3) is 6.08 Å². The molecular formula is C14H18OS2. The van der Waals surface area contributed by atoms with Gasteiger partial charge in [-0.25, -0.2) is 0 Å². The average molecular weight is 266 g/mol. The lowest BCUT2D eigenvalue weighted by Crippen LogP contribution is -2.18.